The van der Waals surface area contributed by atoms with Gasteiger partial charge in [-0.25, -0.2) is 0 Å². The Morgan fingerprint density at radius 1 is 0.840 bits per heavy atom. The molecule has 3 rings (SSSR count). The van der Waals surface area contributed by atoms with Crippen molar-refractivity contribution in [1.82, 2.24) is 9.80 Å². The van der Waals surface area contributed by atoms with Crippen molar-refractivity contribution >= 4 is 11.8 Å². The van der Waals surface area contributed by atoms with Crippen LogP contribution < -0.4 is 0 Å². The molecule has 4 heteroatoms. The molecule has 1 unspecified atom stereocenters. The van der Waals surface area contributed by atoms with Crippen LogP contribution in [0.4, 0.5) is 0 Å². The summed E-state index contributed by atoms with van der Waals surface area (Å²) in [5, 5.41) is 0. The number of likely N-dealkylation sites (tertiary alicyclic amines) is 2. The molecule has 0 aromatic carbocycles. The second-order valence-electron chi connectivity index (χ2n) is 7.95. The largest absolute Gasteiger partial charge is 0.343 e. The molecule has 0 aromatic rings. The molecule has 2 fully saturated rings. The van der Waals surface area contributed by atoms with E-state index in [0.29, 0.717) is 25.2 Å². The van der Waals surface area contributed by atoms with Crippen LogP contribution >= 0.6 is 0 Å². The number of fused-ring (bicyclic) bond motifs is 1. The molecule has 2 aliphatic heterocycles. The first-order valence-corrected chi connectivity index (χ1v) is 10.5. The lowest BCUT2D eigenvalue weighted by Crippen LogP contribution is -2.39. The predicted octanol–water partition coefficient (Wildman–Crippen LogP) is 4.26. The minimum Gasteiger partial charge on any atom is -0.343 e. The van der Waals surface area contributed by atoms with Crippen LogP contribution in [0.25, 0.3) is 0 Å². The lowest BCUT2D eigenvalue weighted by atomic mass is 9.85. The van der Waals surface area contributed by atoms with Crippen molar-refractivity contribution in [3.63, 3.8) is 0 Å². The van der Waals surface area contributed by atoms with E-state index in [1.54, 1.807) is 0 Å². The molecule has 25 heavy (non-hydrogen) atoms. The van der Waals surface area contributed by atoms with Gasteiger partial charge in [0.25, 0.3) is 0 Å². The summed E-state index contributed by atoms with van der Waals surface area (Å²) < 4.78 is 0. The van der Waals surface area contributed by atoms with Gasteiger partial charge in [0.1, 0.15) is 0 Å². The molecule has 0 N–H and O–H groups in total. The van der Waals surface area contributed by atoms with Crippen LogP contribution in [0.5, 0.6) is 0 Å². The Kier molecular flexibility index (Phi) is 6.94. The van der Waals surface area contributed by atoms with E-state index in [0.717, 1.165) is 45.3 Å². The monoisotopic (exact) mass is 346 g/mol. The van der Waals surface area contributed by atoms with Gasteiger partial charge >= 0.3 is 0 Å². The third-order valence-corrected chi connectivity index (χ3v) is 6.07. The Morgan fingerprint density at radius 3 is 2.32 bits per heavy atom. The van der Waals surface area contributed by atoms with Crippen molar-refractivity contribution in [2.45, 2.75) is 83.5 Å². The van der Waals surface area contributed by atoms with Gasteiger partial charge < -0.3 is 9.80 Å². The molecule has 0 bridgehead atoms. The van der Waals surface area contributed by atoms with Gasteiger partial charge in [0.2, 0.25) is 11.8 Å². The van der Waals surface area contributed by atoms with Crippen LogP contribution in [0.1, 0.15) is 83.5 Å². The molecule has 2 saturated heterocycles. The highest BCUT2D eigenvalue weighted by molar-refractivity contribution is 5.80. The fourth-order valence-corrected chi connectivity index (χ4v) is 4.63. The smallest absolute Gasteiger partial charge is 0.226 e. The first-order valence-electron chi connectivity index (χ1n) is 10.5. The van der Waals surface area contributed by atoms with Gasteiger partial charge in [0, 0.05) is 38.2 Å². The Hall–Kier alpha value is -1.32. The van der Waals surface area contributed by atoms with E-state index in [1.807, 2.05) is 9.80 Å². The molecular weight excluding hydrogens is 312 g/mol. The Morgan fingerprint density at radius 2 is 1.52 bits per heavy atom. The number of amides is 2. The van der Waals surface area contributed by atoms with E-state index in [-0.39, 0.29) is 11.8 Å². The van der Waals surface area contributed by atoms with E-state index in [1.165, 1.54) is 44.2 Å². The molecule has 0 spiro atoms. The summed E-state index contributed by atoms with van der Waals surface area (Å²) in [6, 6.07) is 0. The van der Waals surface area contributed by atoms with Crippen LogP contribution in [0, 0.1) is 5.92 Å². The van der Waals surface area contributed by atoms with Crippen molar-refractivity contribution in [3.05, 3.63) is 11.8 Å². The summed E-state index contributed by atoms with van der Waals surface area (Å²) in [5.41, 5.74) is 1.29. The zero-order valence-corrected chi connectivity index (χ0v) is 15.7. The lowest BCUT2D eigenvalue weighted by molar-refractivity contribution is -0.132. The van der Waals surface area contributed by atoms with E-state index < -0.39 is 0 Å². The summed E-state index contributed by atoms with van der Waals surface area (Å²) in [7, 11) is 0. The topological polar surface area (TPSA) is 40.6 Å². The van der Waals surface area contributed by atoms with Crippen LogP contribution in [0.15, 0.2) is 11.8 Å². The van der Waals surface area contributed by atoms with E-state index in [2.05, 4.69) is 6.08 Å². The number of carbonyl (C=O) groups is 2. The molecule has 0 radical (unpaired) electrons. The number of allylic oxidation sites excluding steroid dienone is 2. The SMILES string of the molecule is O=C(CCCC(=O)N1CCCC2CCCC=C21)N1CCCCCCC1. The van der Waals surface area contributed by atoms with Gasteiger partial charge in [0.15, 0.2) is 0 Å². The standard InChI is InChI=1S/C21H34N2O2/c24-20(22-15-6-2-1-3-7-16-22)13-8-14-21(25)23-17-9-11-18-10-4-5-12-19(18)23/h12,18H,1-11,13-17H2. The Labute approximate surface area is 152 Å². The maximum absolute atomic E-state index is 12.7. The van der Waals surface area contributed by atoms with Crippen LogP contribution in [0.3, 0.4) is 0 Å². The van der Waals surface area contributed by atoms with Gasteiger partial charge in [-0.1, -0.05) is 25.3 Å². The Bertz CT molecular complexity index is 492. The van der Waals surface area contributed by atoms with Crippen molar-refractivity contribution in [2.75, 3.05) is 19.6 Å². The van der Waals surface area contributed by atoms with Gasteiger partial charge in [-0.2, -0.15) is 0 Å². The van der Waals surface area contributed by atoms with Gasteiger partial charge in [0.05, 0.1) is 0 Å². The number of piperidine rings is 1. The average Bonchev–Trinajstić information content (AvgIpc) is 2.60. The van der Waals surface area contributed by atoms with Gasteiger partial charge in [-0.3, -0.25) is 9.59 Å². The second kappa shape index (κ2) is 9.40. The average molecular weight is 347 g/mol. The van der Waals surface area contributed by atoms with Crippen molar-refractivity contribution in [2.24, 2.45) is 5.92 Å². The van der Waals surface area contributed by atoms with Crippen LogP contribution in [-0.2, 0) is 9.59 Å². The van der Waals surface area contributed by atoms with Crippen molar-refractivity contribution < 1.29 is 9.59 Å². The summed E-state index contributed by atoms with van der Waals surface area (Å²) >= 11 is 0. The quantitative estimate of drug-likeness (QED) is 0.763. The number of rotatable bonds is 4. The molecule has 1 atom stereocenters. The first-order chi connectivity index (χ1) is 12.3. The van der Waals surface area contributed by atoms with Gasteiger partial charge in [-0.15, -0.1) is 0 Å². The molecule has 0 aromatic heterocycles. The molecule has 0 saturated carbocycles. The highest BCUT2D eigenvalue weighted by atomic mass is 16.2. The minimum atomic E-state index is 0.235. The zero-order chi connectivity index (χ0) is 17.5. The molecule has 2 heterocycles. The molecule has 1 aliphatic carbocycles. The van der Waals surface area contributed by atoms with E-state index in [4.69, 9.17) is 0 Å². The number of nitrogens with zero attached hydrogens (tertiary/aromatic N) is 2. The summed E-state index contributed by atoms with van der Waals surface area (Å²) in [5.74, 6) is 1.09. The predicted molar refractivity (Wildman–Crippen MR) is 99.9 cm³/mol. The Balaban J connectivity index is 1.44. The minimum absolute atomic E-state index is 0.235. The maximum atomic E-state index is 12.7. The molecule has 140 valence electrons. The van der Waals surface area contributed by atoms with Gasteiger partial charge in [-0.05, 0) is 57.3 Å². The summed E-state index contributed by atoms with van der Waals surface area (Å²) in [4.78, 5) is 29.2. The third-order valence-electron chi connectivity index (χ3n) is 6.07. The van der Waals surface area contributed by atoms with Crippen molar-refractivity contribution in [1.29, 1.82) is 0 Å². The molecular formula is C21H34N2O2. The summed E-state index contributed by atoms with van der Waals surface area (Å²) in [6.07, 6.45) is 16.1. The third kappa shape index (κ3) is 5.08. The molecule has 3 aliphatic rings. The zero-order valence-electron chi connectivity index (χ0n) is 15.7. The van der Waals surface area contributed by atoms with Crippen LogP contribution in [-0.4, -0.2) is 41.2 Å². The highest BCUT2D eigenvalue weighted by Gasteiger charge is 2.30. The van der Waals surface area contributed by atoms with Crippen LogP contribution in [0.2, 0.25) is 0 Å². The number of carbonyl (C=O) groups excluding carboxylic acids is 2. The first kappa shape index (κ1) is 18.5. The van der Waals surface area contributed by atoms with E-state index >= 15 is 0 Å². The fraction of sp³-hybridized carbons (Fsp3) is 0.810. The maximum Gasteiger partial charge on any atom is 0.226 e. The normalized spacial score (nSPS) is 24.8. The van der Waals surface area contributed by atoms with E-state index in [9.17, 15) is 9.59 Å². The summed E-state index contributed by atoms with van der Waals surface area (Å²) in [6.45, 7) is 2.70. The molecule has 2 amide bonds. The molecule has 4 nitrogen and oxygen atoms in total. The second-order valence-corrected chi connectivity index (χ2v) is 7.95. The lowest BCUT2D eigenvalue weighted by Gasteiger charge is -2.38. The van der Waals surface area contributed by atoms with Crippen molar-refractivity contribution in [3.8, 4) is 0 Å². The number of hydrogen-bond donors (Lipinski definition) is 0. The number of hydrogen-bond acceptors (Lipinski definition) is 2. The fourth-order valence-electron chi connectivity index (χ4n) is 4.63. The highest BCUT2D eigenvalue weighted by Crippen LogP contribution is 2.35.